The van der Waals surface area contributed by atoms with Gasteiger partial charge in [0, 0.05) is 11.8 Å². The van der Waals surface area contributed by atoms with Gasteiger partial charge in [0.25, 0.3) is 0 Å². The van der Waals surface area contributed by atoms with E-state index in [1.807, 2.05) is 0 Å². The van der Waals surface area contributed by atoms with E-state index in [2.05, 4.69) is 10.1 Å². The molecule has 0 unspecified atom stereocenters. The maximum Gasteiger partial charge on any atom is 0.232 e. The average Bonchev–Trinajstić information content (AvgIpc) is 2.16. The van der Waals surface area contributed by atoms with Gasteiger partial charge >= 0.3 is 0 Å². The van der Waals surface area contributed by atoms with Crippen molar-refractivity contribution in [3.05, 3.63) is 22.8 Å². The Hall–Kier alpha value is -1.49. The van der Waals surface area contributed by atoms with Crippen LogP contribution < -0.4 is 10.5 Å². The Morgan fingerprint density at radius 2 is 2.46 bits per heavy atom. The molecule has 0 atom stereocenters. The molecule has 0 aliphatic rings. The van der Waals surface area contributed by atoms with Crippen LogP contribution in [-0.4, -0.2) is 23.1 Å². The zero-order valence-electron chi connectivity index (χ0n) is 6.86. The highest BCUT2D eigenvalue weighted by Crippen LogP contribution is 2.21. The molecule has 1 aromatic rings. The number of hydrogen-bond acceptors (Lipinski definition) is 4. The van der Waals surface area contributed by atoms with Gasteiger partial charge in [-0.3, -0.25) is 0 Å². The molecule has 0 aliphatic carbocycles. The third kappa shape index (κ3) is 2.00. The molecule has 0 radical (unpaired) electrons. The molecular weight excluding hydrogens is 194 g/mol. The van der Waals surface area contributed by atoms with Crippen LogP contribution in [0.4, 0.5) is 0 Å². The van der Waals surface area contributed by atoms with E-state index >= 15 is 0 Å². The highest BCUT2D eigenvalue weighted by molar-refractivity contribution is 6.32. The van der Waals surface area contributed by atoms with Crippen LogP contribution in [0.3, 0.4) is 0 Å². The molecule has 1 heterocycles. The summed E-state index contributed by atoms with van der Waals surface area (Å²) in [6, 6.07) is 1.50. The molecule has 13 heavy (non-hydrogen) atoms. The van der Waals surface area contributed by atoms with Gasteiger partial charge in [-0.05, 0) is 6.07 Å². The highest BCUT2D eigenvalue weighted by atomic mass is 35.5. The lowest BCUT2D eigenvalue weighted by Gasteiger charge is -2.02. The van der Waals surface area contributed by atoms with Crippen LogP contribution in [0.1, 0.15) is 5.56 Å². The fraction of sp³-hybridized carbons (Fsp3) is 0.143. The maximum absolute atomic E-state index is 8.37. The van der Waals surface area contributed by atoms with Crippen molar-refractivity contribution in [2.75, 3.05) is 7.11 Å². The lowest BCUT2D eigenvalue weighted by molar-refractivity contribution is 0.318. The molecule has 70 valence electrons. The molecule has 1 rings (SSSR count). The van der Waals surface area contributed by atoms with E-state index in [0.717, 1.165) is 0 Å². The first-order valence-corrected chi connectivity index (χ1v) is 3.74. The second-order valence-electron chi connectivity index (χ2n) is 2.20. The zero-order valence-corrected chi connectivity index (χ0v) is 7.62. The average molecular weight is 202 g/mol. The fourth-order valence-corrected chi connectivity index (χ4v) is 1.02. The molecule has 5 nitrogen and oxygen atoms in total. The largest absolute Gasteiger partial charge is 0.480 e. The van der Waals surface area contributed by atoms with Crippen molar-refractivity contribution in [2.24, 2.45) is 10.9 Å². The van der Waals surface area contributed by atoms with E-state index in [1.54, 1.807) is 0 Å². The van der Waals surface area contributed by atoms with Crippen LogP contribution in [-0.2, 0) is 0 Å². The summed E-state index contributed by atoms with van der Waals surface area (Å²) in [5.41, 5.74) is 5.75. The first-order chi connectivity index (χ1) is 6.19. The first-order valence-electron chi connectivity index (χ1n) is 3.36. The number of nitrogens with two attached hydrogens (primary N) is 1. The topological polar surface area (TPSA) is 80.7 Å². The number of hydrogen-bond donors (Lipinski definition) is 2. The van der Waals surface area contributed by atoms with Crippen molar-refractivity contribution >= 4 is 17.4 Å². The minimum Gasteiger partial charge on any atom is -0.480 e. The summed E-state index contributed by atoms with van der Waals surface area (Å²) in [6.45, 7) is 0. The Morgan fingerprint density at radius 3 is 2.92 bits per heavy atom. The van der Waals surface area contributed by atoms with Crippen molar-refractivity contribution < 1.29 is 9.94 Å². The summed E-state index contributed by atoms with van der Waals surface area (Å²) in [5, 5.41) is 11.5. The SMILES string of the molecule is COc1ncc(/C(N)=N\O)cc1Cl. The Labute approximate surface area is 79.8 Å². The number of methoxy groups -OCH3 is 1. The molecule has 6 heteroatoms. The standard InChI is InChI=1S/C7H8ClN3O2/c1-13-7-5(8)2-4(3-10-7)6(9)11-12/h2-3,12H,1H3,(H2,9,11). The molecule has 0 saturated heterocycles. The van der Waals surface area contributed by atoms with Crippen LogP contribution in [0.25, 0.3) is 0 Å². The summed E-state index contributed by atoms with van der Waals surface area (Å²) in [6.07, 6.45) is 1.40. The van der Waals surface area contributed by atoms with Crippen molar-refractivity contribution in [3.8, 4) is 5.88 Å². The zero-order chi connectivity index (χ0) is 9.84. The Bertz CT molecular complexity index is 341. The third-order valence-electron chi connectivity index (χ3n) is 1.40. The quantitative estimate of drug-likeness (QED) is 0.322. The normalized spacial score (nSPS) is 11.4. The smallest absolute Gasteiger partial charge is 0.232 e. The van der Waals surface area contributed by atoms with Gasteiger partial charge in [-0.1, -0.05) is 16.8 Å². The van der Waals surface area contributed by atoms with Crippen molar-refractivity contribution in [3.63, 3.8) is 0 Å². The summed E-state index contributed by atoms with van der Waals surface area (Å²) in [7, 11) is 1.46. The first kappa shape index (κ1) is 9.60. The number of aromatic nitrogens is 1. The minimum absolute atomic E-state index is 0.0444. The molecular formula is C7H8ClN3O2. The van der Waals surface area contributed by atoms with Gasteiger partial charge in [0.05, 0.1) is 7.11 Å². The number of halogens is 1. The molecule has 0 aromatic carbocycles. The number of nitrogens with zero attached hydrogens (tertiary/aromatic N) is 2. The van der Waals surface area contributed by atoms with E-state index in [9.17, 15) is 0 Å². The van der Waals surface area contributed by atoms with E-state index in [1.165, 1.54) is 19.4 Å². The summed E-state index contributed by atoms with van der Waals surface area (Å²) in [4.78, 5) is 3.84. The Kier molecular flexibility index (Phi) is 2.92. The predicted molar refractivity (Wildman–Crippen MR) is 48.3 cm³/mol. The van der Waals surface area contributed by atoms with E-state index in [0.29, 0.717) is 16.5 Å². The fourth-order valence-electron chi connectivity index (χ4n) is 0.773. The van der Waals surface area contributed by atoms with Crippen molar-refractivity contribution in [2.45, 2.75) is 0 Å². The van der Waals surface area contributed by atoms with Gasteiger partial charge in [0.1, 0.15) is 5.02 Å². The second-order valence-corrected chi connectivity index (χ2v) is 2.61. The van der Waals surface area contributed by atoms with Crippen molar-refractivity contribution in [1.82, 2.24) is 4.98 Å². The molecule has 3 N–H and O–H groups in total. The van der Waals surface area contributed by atoms with E-state index < -0.39 is 0 Å². The van der Waals surface area contributed by atoms with Gasteiger partial charge in [0.15, 0.2) is 5.84 Å². The summed E-state index contributed by atoms with van der Waals surface area (Å²) in [5.74, 6) is 0.258. The summed E-state index contributed by atoms with van der Waals surface area (Å²) >= 11 is 5.75. The van der Waals surface area contributed by atoms with Gasteiger partial charge in [-0.2, -0.15) is 0 Å². The summed E-state index contributed by atoms with van der Waals surface area (Å²) < 4.78 is 4.83. The molecule has 0 saturated carbocycles. The molecule has 0 amide bonds. The lowest BCUT2D eigenvalue weighted by Crippen LogP contribution is -2.13. The van der Waals surface area contributed by atoms with Gasteiger partial charge in [-0.15, -0.1) is 0 Å². The molecule has 0 bridgehead atoms. The number of oxime groups is 1. The molecule has 1 aromatic heterocycles. The van der Waals surface area contributed by atoms with E-state index in [-0.39, 0.29) is 5.84 Å². The number of pyridine rings is 1. The maximum atomic E-state index is 8.37. The Balaban J connectivity index is 3.10. The number of ether oxygens (including phenoxy) is 1. The van der Waals surface area contributed by atoms with Gasteiger partial charge in [-0.25, -0.2) is 4.98 Å². The van der Waals surface area contributed by atoms with Crippen LogP contribution in [0.2, 0.25) is 5.02 Å². The number of amidine groups is 1. The van der Waals surface area contributed by atoms with Crippen LogP contribution in [0.15, 0.2) is 17.4 Å². The van der Waals surface area contributed by atoms with Gasteiger partial charge < -0.3 is 15.7 Å². The highest BCUT2D eigenvalue weighted by Gasteiger charge is 2.05. The molecule has 0 spiro atoms. The molecule has 0 aliphatic heterocycles. The van der Waals surface area contributed by atoms with Gasteiger partial charge in [0.2, 0.25) is 5.88 Å². The van der Waals surface area contributed by atoms with Crippen LogP contribution >= 0.6 is 11.6 Å². The molecule has 0 fully saturated rings. The second kappa shape index (κ2) is 3.95. The van der Waals surface area contributed by atoms with Crippen LogP contribution in [0, 0.1) is 0 Å². The minimum atomic E-state index is -0.0444. The van der Waals surface area contributed by atoms with Crippen molar-refractivity contribution in [1.29, 1.82) is 0 Å². The number of rotatable bonds is 2. The predicted octanol–water partition coefficient (Wildman–Crippen LogP) is 0.838. The third-order valence-corrected chi connectivity index (χ3v) is 1.68. The van der Waals surface area contributed by atoms with E-state index in [4.69, 9.17) is 27.3 Å². The monoisotopic (exact) mass is 201 g/mol. The lowest BCUT2D eigenvalue weighted by atomic mass is 10.3. The Morgan fingerprint density at radius 1 is 1.77 bits per heavy atom. The van der Waals surface area contributed by atoms with Crippen LogP contribution in [0.5, 0.6) is 5.88 Å².